The van der Waals surface area contributed by atoms with Crippen molar-refractivity contribution in [1.82, 2.24) is 4.90 Å². The van der Waals surface area contributed by atoms with Gasteiger partial charge in [-0.1, -0.05) is 12.1 Å². The molecule has 1 amide bonds. The van der Waals surface area contributed by atoms with E-state index in [-0.39, 0.29) is 5.91 Å². The lowest BCUT2D eigenvalue weighted by Crippen LogP contribution is -2.28. The van der Waals surface area contributed by atoms with Crippen LogP contribution in [-0.2, 0) is 11.3 Å². The van der Waals surface area contributed by atoms with Gasteiger partial charge in [0.1, 0.15) is 0 Å². The number of nitrogens with two attached hydrogens (primary N) is 1. The first-order chi connectivity index (χ1) is 10.1. The standard InChI is InChI=1S/C16H17BrN2OS/c1-2-19(11-14-7-8-15(17)21-14)16(20)9-6-12-4-3-5-13(18)10-12/h3-10H,2,11,18H2,1H3/b9-6+. The fourth-order valence-corrected chi connectivity index (χ4v) is 3.40. The Bertz CT molecular complexity index is 651. The van der Waals surface area contributed by atoms with Crippen LogP contribution in [0.2, 0.25) is 0 Å². The Morgan fingerprint density at radius 2 is 2.19 bits per heavy atom. The molecule has 0 bridgehead atoms. The molecule has 5 heteroatoms. The molecular formula is C16H17BrN2OS. The monoisotopic (exact) mass is 364 g/mol. The maximum absolute atomic E-state index is 12.2. The fourth-order valence-electron chi connectivity index (χ4n) is 1.91. The Hall–Kier alpha value is -1.59. The number of anilines is 1. The molecule has 110 valence electrons. The molecule has 0 radical (unpaired) electrons. The molecule has 0 fully saturated rings. The van der Waals surface area contributed by atoms with E-state index in [4.69, 9.17) is 5.73 Å². The van der Waals surface area contributed by atoms with Gasteiger partial charge in [0, 0.05) is 23.2 Å². The number of nitrogen functional groups attached to an aromatic ring is 1. The Labute approximate surface area is 137 Å². The number of rotatable bonds is 5. The summed E-state index contributed by atoms with van der Waals surface area (Å²) in [4.78, 5) is 15.2. The number of hydrogen-bond acceptors (Lipinski definition) is 3. The molecule has 1 heterocycles. The lowest BCUT2D eigenvalue weighted by atomic mass is 10.2. The van der Waals surface area contributed by atoms with E-state index in [0.717, 1.165) is 14.2 Å². The van der Waals surface area contributed by atoms with Crippen LogP contribution in [0.25, 0.3) is 6.08 Å². The summed E-state index contributed by atoms with van der Waals surface area (Å²) in [6.07, 6.45) is 3.40. The van der Waals surface area contributed by atoms with E-state index in [1.54, 1.807) is 28.4 Å². The second kappa shape index (κ2) is 7.43. The third-order valence-corrected chi connectivity index (χ3v) is 4.61. The number of carbonyl (C=O) groups excluding carboxylic acids is 1. The first-order valence-corrected chi connectivity index (χ1v) is 8.26. The van der Waals surface area contributed by atoms with Crippen LogP contribution >= 0.6 is 27.3 Å². The quantitative estimate of drug-likeness (QED) is 0.639. The number of amides is 1. The van der Waals surface area contributed by atoms with E-state index < -0.39 is 0 Å². The number of halogens is 1. The molecule has 0 spiro atoms. The van der Waals surface area contributed by atoms with E-state index in [2.05, 4.69) is 15.9 Å². The van der Waals surface area contributed by atoms with Crippen molar-refractivity contribution in [2.45, 2.75) is 13.5 Å². The van der Waals surface area contributed by atoms with Crippen molar-refractivity contribution < 1.29 is 4.79 Å². The molecule has 0 saturated heterocycles. The molecule has 3 nitrogen and oxygen atoms in total. The third kappa shape index (κ3) is 4.72. The summed E-state index contributed by atoms with van der Waals surface area (Å²) < 4.78 is 1.08. The molecule has 0 aliphatic heterocycles. The maximum Gasteiger partial charge on any atom is 0.246 e. The summed E-state index contributed by atoms with van der Waals surface area (Å²) in [5.41, 5.74) is 7.35. The smallest absolute Gasteiger partial charge is 0.246 e. The van der Waals surface area contributed by atoms with Crippen molar-refractivity contribution in [3.05, 3.63) is 56.7 Å². The minimum Gasteiger partial charge on any atom is -0.399 e. The van der Waals surface area contributed by atoms with Gasteiger partial charge in [-0.25, -0.2) is 0 Å². The van der Waals surface area contributed by atoms with Gasteiger partial charge in [-0.3, -0.25) is 4.79 Å². The normalized spacial score (nSPS) is 11.0. The van der Waals surface area contributed by atoms with Crippen molar-refractivity contribution >= 4 is 44.9 Å². The summed E-state index contributed by atoms with van der Waals surface area (Å²) in [5.74, 6) is 0.00412. The number of nitrogens with zero attached hydrogens (tertiary/aromatic N) is 1. The number of carbonyl (C=O) groups is 1. The van der Waals surface area contributed by atoms with Crippen molar-refractivity contribution in [3.63, 3.8) is 0 Å². The van der Waals surface area contributed by atoms with Crippen LogP contribution in [0.3, 0.4) is 0 Å². The van der Waals surface area contributed by atoms with Crippen LogP contribution in [0.1, 0.15) is 17.4 Å². The van der Waals surface area contributed by atoms with Gasteiger partial charge in [0.15, 0.2) is 0 Å². The summed E-state index contributed by atoms with van der Waals surface area (Å²) in [5, 5.41) is 0. The molecule has 0 aliphatic carbocycles. The first kappa shape index (κ1) is 15.8. The van der Waals surface area contributed by atoms with Gasteiger partial charge in [0.2, 0.25) is 5.91 Å². The third-order valence-electron chi connectivity index (χ3n) is 3.00. The van der Waals surface area contributed by atoms with Crippen LogP contribution < -0.4 is 5.73 Å². The number of likely N-dealkylation sites (N-methyl/N-ethyl adjacent to an activating group) is 1. The average Bonchev–Trinajstić information content (AvgIpc) is 2.87. The second-order valence-corrected chi connectivity index (χ2v) is 7.11. The predicted molar refractivity (Wildman–Crippen MR) is 93.0 cm³/mol. The van der Waals surface area contributed by atoms with E-state index in [0.29, 0.717) is 18.8 Å². The molecule has 1 aromatic carbocycles. The van der Waals surface area contributed by atoms with Gasteiger partial charge in [0.05, 0.1) is 10.3 Å². The largest absolute Gasteiger partial charge is 0.399 e. The van der Waals surface area contributed by atoms with E-state index in [1.807, 2.05) is 43.3 Å². The summed E-state index contributed by atoms with van der Waals surface area (Å²) in [6.45, 7) is 3.29. The Morgan fingerprint density at radius 1 is 1.38 bits per heavy atom. The summed E-state index contributed by atoms with van der Waals surface area (Å²) >= 11 is 5.09. The maximum atomic E-state index is 12.2. The average molecular weight is 365 g/mol. The topological polar surface area (TPSA) is 46.3 Å². The lowest BCUT2D eigenvalue weighted by Gasteiger charge is -2.18. The zero-order valence-electron chi connectivity index (χ0n) is 11.8. The molecule has 0 saturated carbocycles. The van der Waals surface area contributed by atoms with Gasteiger partial charge in [-0.2, -0.15) is 0 Å². The number of thiophene rings is 1. The molecule has 2 N–H and O–H groups in total. The molecule has 2 rings (SSSR count). The first-order valence-electron chi connectivity index (χ1n) is 6.65. The highest BCUT2D eigenvalue weighted by atomic mass is 79.9. The highest BCUT2D eigenvalue weighted by Crippen LogP contribution is 2.23. The van der Waals surface area contributed by atoms with Crippen molar-refractivity contribution in [3.8, 4) is 0 Å². The second-order valence-electron chi connectivity index (χ2n) is 4.56. The SMILES string of the molecule is CCN(Cc1ccc(Br)s1)C(=O)/C=C/c1cccc(N)c1. The zero-order chi connectivity index (χ0) is 15.2. The lowest BCUT2D eigenvalue weighted by molar-refractivity contribution is -0.126. The molecule has 0 unspecified atom stereocenters. The van der Waals surface area contributed by atoms with Gasteiger partial charge in [0.25, 0.3) is 0 Å². The Balaban J connectivity index is 2.03. The molecule has 1 aromatic heterocycles. The Kier molecular flexibility index (Phi) is 5.59. The minimum absolute atomic E-state index is 0.00412. The Morgan fingerprint density at radius 3 is 2.81 bits per heavy atom. The summed E-state index contributed by atoms with van der Waals surface area (Å²) in [7, 11) is 0. The van der Waals surface area contributed by atoms with Gasteiger partial charge < -0.3 is 10.6 Å². The van der Waals surface area contributed by atoms with Crippen molar-refractivity contribution in [1.29, 1.82) is 0 Å². The molecule has 2 aromatic rings. The fraction of sp³-hybridized carbons (Fsp3) is 0.188. The van der Waals surface area contributed by atoms with Crippen molar-refractivity contribution in [2.75, 3.05) is 12.3 Å². The van der Waals surface area contributed by atoms with Crippen LogP contribution in [0.5, 0.6) is 0 Å². The highest BCUT2D eigenvalue weighted by molar-refractivity contribution is 9.11. The van der Waals surface area contributed by atoms with Crippen LogP contribution in [-0.4, -0.2) is 17.4 Å². The number of hydrogen-bond donors (Lipinski definition) is 1. The van der Waals surface area contributed by atoms with Gasteiger partial charge in [-0.05, 0) is 58.8 Å². The molecule has 21 heavy (non-hydrogen) atoms. The van der Waals surface area contributed by atoms with Gasteiger partial charge in [-0.15, -0.1) is 11.3 Å². The van der Waals surface area contributed by atoms with E-state index >= 15 is 0 Å². The summed E-state index contributed by atoms with van der Waals surface area (Å²) in [6, 6.07) is 11.5. The van der Waals surface area contributed by atoms with E-state index in [9.17, 15) is 4.79 Å². The van der Waals surface area contributed by atoms with Crippen molar-refractivity contribution in [2.24, 2.45) is 0 Å². The van der Waals surface area contributed by atoms with E-state index in [1.165, 1.54) is 0 Å². The minimum atomic E-state index is 0.00412. The molecular weight excluding hydrogens is 348 g/mol. The van der Waals surface area contributed by atoms with Crippen LogP contribution in [0.15, 0.2) is 46.3 Å². The zero-order valence-corrected chi connectivity index (χ0v) is 14.2. The van der Waals surface area contributed by atoms with Gasteiger partial charge >= 0.3 is 0 Å². The van der Waals surface area contributed by atoms with Crippen LogP contribution in [0.4, 0.5) is 5.69 Å². The predicted octanol–water partition coefficient (Wildman–Crippen LogP) is 4.15. The highest BCUT2D eigenvalue weighted by Gasteiger charge is 2.10. The van der Waals surface area contributed by atoms with Crippen LogP contribution in [0, 0.1) is 0 Å². The molecule has 0 aliphatic rings. The number of benzene rings is 1. The molecule has 0 atom stereocenters.